The molecule has 0 spiro atoms. The van der Waals surface area contributed by atoms with Crippen LogP contribution in [0, 0.1) is 5.92 Å². The second-order valence-corrected chi connectivity index (χ2v) is 4.90. The third-order valence-electron chi connectivity index (χ3n) is 3.22. The van der Waals surface area contributed by atoms with E-state index in [9.17, 15) is 14.4 Å². The van der Waals surface area contributed by atoms with Crippen molar-refractivity contribution in [3.05, 3.63) is 0 Å². The van der Waals surface area contributed by atoms with E-state index in [1.165, 1.54) is 6.42 Å². The maximum absolute atomic E-state index is 11.8. The van der Waals surface area contributed by atoms with Crippen molar-refractivity contribution in [1.82, 2.24) is 16.2 Å². The quantitative estimate of drug-likeness (QED) is 0.640. The van der Waals surface area contributed by atoms with Crippen LogP contribution in [0.1, 0.15) is 51.9 Å². The second kappa shape index (κ2) is 8.50. The largest absolute Gasteiger partial charge is 0.347 e. The first kappa shape index (κ1) is 15.5. The van der Waals surface area contributed by atoms with Crippen LogP contribution in [0.4, 0.5) is 0 Å². The topological polar surface area (TPSA) is 87.3 Å². The van der Waals surface area contributed by atoms with Gasteiger partial charge < -0.3 is 5.32 Å². The Morgan fingerprint density at radius 2 is 1.63 bits per heavy atom. The monoisotopic (exact) mass is 269 g/mol. The van der Waals surface area contributed by atoms with E-state index in [4.69, 9.17) is 0 Å². The minimum atomic E-state index is -0.409. The molecule has 0 aliphatic heterocycles. The standard InChI is InChI=1S/C13H23N3O3/c1-2-6-11(17)15-16-12(18)9-14-13(19)10-7-4-3-5-8-10/h10H,2-9H2,1H3,(H,14,19)(H,15,17)(H,16,18). The van der Waals surface area contributed by atoms with Crippen molar-refractivity contribution in [3.8, 4) is 0 Å². The minimum absolute atomic E-state index is 0.0382. The van der Waals surface area contributed by atoms with Gasteiger partial charge in [0.25, 0.3) is 5.91 Å². The fourth-order valence-electron chi connectivity index (χ4n) is 2.15. The first-order valence-corrected chi connectivity index (χ1v) is 6.99. The van der Waals surface area contributed by atoms with Gasteiger partial charge in [0.2, 0.25) is 11.8 Å². The Balaban J connectivity index is 2.15. The van der Waals surface area contributed by atoms with Crippen LogP contribution in [0.25, 0.3) is 0 Å². The number of rotatable bonds is 5. The molecular formula is C13H23N3O3. The lowest BCUT2D eigenvalue weighted by atomic mass is 9.89. The van der Waals surface area contributed by atoms with Gasteiger partial charge in [-0.25, -0.2) is 0 Å². The zero-order valence-corrected chi connectivity index (χ0v) is 11.5. The molecule has 0 aromatic carbocycles. The maximum atomic E-state index is 11.8. The van der Waals surface area contributed by atoms with Crippen molar-refractivity contribution in [1.29, 1.82) is 0 Å². The summed E-state index contributed by atoms with van der Waals surface area (Å²) in [4.78, 5) is 34.3. The van der Waals surface area contributed by atoms with E-state index >= 15 is 0 Å². The molecule has 0 heterocycles. The van der Waals surface area contributed by atoms with Gasteiger partial charge in [0.15, 0.2) is 0 Å². The zero-order valence-electron chi connectivity index (χ0n) is 11.5. The van der Waals surface area contributed by atoms with Crippen LogP contribution in [-0.2, 0) is 14.4 Å². The SMILES string of the molecule is CCCC(=O)NNC(=O)CNC(=O)C1CCCCC1. The highest BCUT2D eigenvalue weighted by Crippen LogP contribution is 2.23. The van der Waals surface area contributed by atoms with E-state index in [2.05, 4.69) is 16.2 Å². The van der Waals surface area contributed by atoms with Crippen LogP contribution in [0.3, 0.4) is 0 Å². The number of carbonyl (C=O) groups excluding carboxylic acids is 3. The van der Waals surface area contributed by atoms with Crippen LogP contribution < -0.4 is 16.2 Å². The molecule has 3 amide bonds. The summed E-state index contributed by atoms with van der Waals surface area (Å²) in [6.45, 7) is 1.79. The van der Waals surface area contributed by atoms with E-state index in [-0.39, 0.29) is 24.3 Å². The highest BCUT2D eigenvalue weighted by molar-refractivity contribution is 5.87. The minimum Gasteiger partial charge on any atom is -0.347 e. The molecule has 1 rings (SSSR count). The summed E-state index contributed by atoms with van der Waals surface area (Å²) in [5, 5.41) is 2.61. The summed E-state index contributed by atoms with van der Waals surface area (Å²) < 4.78 is 0. The van der Waals surface area contributed by atoms with E-state index in [0.717, 1.165) is 32.1 Å². The van der Waals surface area contributed by atoms with Crippen molar-refractivity contribution in [3.63, 3.8) is 0 Å². The number of carbonyl (C=O) groups is 3. The summed E-state index contributed by atoms with van der Waals surface area (Å²) in [6, 6.07) is 0. The highest BCUT2D eigenvalue weighted by atomic mass is 16.2. The Labute approximate surface area is 113 Å². The summed E-state index contributed by atoms with van der Waals surface area (Å²) in [6.07, 6.45) is 6.25. The van der Waals surface area contributed by atoms with Gasteiger partial charge in [-0.05, 0) is 19.3 Å². The zero-order chi connectivity index (χ0) is 14.1. The van der Waals surface area contributed by atoms with Gasteiger partial charge in [0.05, 0.1) is 6.54 Å². The molecule has 6 heteroatoms. The van der Waals surface area contributed by atoms with Crippen LogP contribution in [0.5, 0.6) is 0 Å². The van der Waals surface area contributed by atoms with Crippen LogP contribution in [0.2, 0.25) is 0 Å². The molecule has 1 fully saturated rings. The molecule has 6 nitrogen and oxygen atoms in total. The number of amides is 3. The molecule has 0 unspecified atom stereocenters. The molecule has 0 bridgehead atoms. The number of hydrogen-bond acceptors (Lipinski definition) is 3. The van der Waals surface area contributed by atoms with Crippen molar-refractivity contribution in [2.24, 2.45) is 5.92 Å². The van der Waals surface area contributed by atoms with Crippen molar-refractivity contribution < 1.29 is 14.4 Å². The Morgan fingerprint density at radius 1 is 1.00 bits per heavy atom. The van der Waals surface area contributed by atoms with Crippen molar-refractivity contribution >= 4 is 17.7 Å². The van der Waals surface area contributed by atoms with Crippen LogP contribution in [0.15, 0.2) is 0 Å². The molecule has 1 aliphatic rings. The van der Waals surface area contributed by atoms with Crippen LogP contribution >= 0.6 is 0 Å². The normalized spacial score (nSPS) is 15.6. The molecule has 0 radical (unpaired) electrons. The van der Waals surface area contributed by atoms with Gasteiger partial charge in [-0.3, -0.25) is 25.2 Å². The first-order chi connectivity index (χ1) is 9.13. The fourth-order valence-corrected chi connectivity index (χ4v) is 2.15. The van der Waals surface area contributed by atoms with E-state index < -0.39 is 5.91 Å². The van der Waals surface area contributed by atoms with Gasteiger partial charge >= 0.3 is 0 Å². The molecule has 108 valence electrons. The lowest BCUT2D eigenvalue weighted by Crippen LogP contribution is -2.47. The average Bonchev–Trinajstić information content (AvgIpc) is 2.44. The third-order valence-corrected chi connectivity index (χ3v) is 3.22. The van der Waals surface area contributed by atoms with Gasteiger partial charge in [-0.1, -0.05) is 26.2 Å². The number of hydrazine groups is 1. The van der Waals surface area contributed by atoms with Gasteiger partial charge in [-0.15, -0.1) is 0 Å². The van der Waals surface area contributed by atoms with Gasteiger partial charge in [-0.2, -0.15) is 0 Å². The molecule has 3 N–H and O–H groups in total. The maximum Gasteiger partial charge on any atom is 0.257 e. The summed E-state index contributed by atoms with van der Waals surface area (Å²) in [5.74, 6) is -0.658. The number of hydrogen-bond donors (Lipinski definition) is 3. The summed E-state index contributed by atoms with van der Waals surface area (Å²) in [5.41, 5.74) is 4.57. The molecular weight excluding hydrogens is 246 g/mol. The fraction of sp³-hybridized carbons (Fsp3) is 0.769. The molecule has 1 saturated carbocycles. The summed E-state index contributed by atoms with van der Waals surface area (Å²) in [7, 11) is 0. The molecule has 19 heavy (non-hydrogen) atoms. The number of nitrogens with one attached hydrogen (secondary N) is 3. The van der Waals surface area contributed by atoms with Crippen molar-refractivity contribution in [2.75, 3.05) is 6.54 Å². The Bertz CT molecular complexity index is 325. The van der Waals surface area contributed by atoms with Crippen LogP contribution in [-0.4, -0.2) is 24.3 Å². The third kappa shape index (κ3) is 6.22. The van der Waals surface area contributed by atoms with E-state index in [0.29, 0.717) is 6.42 Å². The highest BCUT2D eigenvalue weighted by Gasteiger charge is 2.21. The molecule has 0 saturated heterocycles. The van der Waals surface area contributed by atoms with Gasteiger partial charge in [0, 0.05) is 12.3 Å². The lowest BCUT2D eigenvalue weighted by Gasteiger charge is -2.20. The molecule has 0 aromatic rings. The van der Waals surface area contributed by atoms with Gasteiger partial charge in [0.1, 0.15) is 0 Å². The lowest BCUT2D eigenvalue weighted by molar-refractivity contribution is -0.131. The molecule has 1 aliphatic carbocycles. The Kier molecular flexibility index (Phi) is 6.92. The Morgan fingerprint density at radius 3 is 2.26 bits per heavy atom. The van der Waals surface area contributed by atoms with Crippen molar-refractivity contribution in [2.45, 2.75) is 51.9 Å². The smallest absolute Gasteiger partial charge is 0.257 e. The molecule has 0 aromatic heterocycles. The van der Waals surface area contributed by atoms with E-state index in [1.54, 1.807) is 0 Å². The predicted octanol–water partition coefficient (Wildman–Crippen LogP) is 0.630. The average molecular weight is 269 g/mol. The van der Waals surface area contributed by atoms with E-state index in [1.807, 2.05) is 6.92 Å². The molecule has 0 atom stereocenters. The predicted molar refractivity (Wildman–Crippen MR) is 70.8 cm³/mol. The second-order valence-electron chi connectivity index (χ2n) is 4.90. The summed E-state index contributed by atoms with van der Waals surface area (Å²) >= 11 is 0. The first-order valence-electron chi connectivity index (χ1n) is 6.99. The Hall–Kier alpha value is -1.59.